The molecule has 1 aliphatic rings. The molecule has 5 aromatic rings. The summed E-state index contributed by atoms with van der Waals surface area (Å²) in [6.07, 6.45) is -3.57. The zero-order chi connectivity index (χ0) is 39.1. The van der Waals surface area contributed by atoms with E-state index in [2.05, 4.69) is 4.98 Å². The Balaban J connectivity index is 1.61. The number of carboxylic acid groups (broad SMARTS) is 2. The molecule has 0 amide bonds. The summed E-state index contributed by atoms with van der Waals surface area (Å²) in [6, 6.07) is 33.2. The summed E-state index contributed by atoms with van der Waals surface area (Å²) in [5.41, 5.74) is -0.782. The Hall–Kier alpha value is -5.96. The molecular weight excluding hydrogens is 729 g/mol. The number of hydrogen-bond donors (Lipinski definition) is 3. The number of aromatic nitrogens is 2. The van der Waals surface area contributed by atoms with Crippen molar-refractivity contribution in [3.63, 3.8) is 0 Å². The first-order valence-corrected chi connectivity index (χ1v) is 18.1. The lowest BCUT2D eigenvalue weighted by Gasteiger charge is -2.40. The lowest BCUT2D eigenvalue weighted by molar-refractivity contribution is -0.151. The molecule has 6 rings (SSSR count). The molecule has 0 spiro atoms. The molecule has 4 aromatic carbocycles. The molecule has 13 nitrogen and oxygen atoms in total. The van der Waals surface area contributed by atoms with Gasteiger partial charge in [-0.2, -0.15) is 0 Å². The van der Waals surface area contributed by atoms with Gasteiger partial charge in [0.25, 0.3) is 5.56 Å². The minimum Gasteiger partial charge on any atom is -0.497 e. The number of nitrogens with zero attached hydrogens (tertiary/aromatic N) is 1. The number of thioether (sulfide) groups is 1. The number of ether oxygens (including phenoxy) is 4. The minimum atomic E-state index is -1.50. The normalized spacial score (nSPS) is 18.7. The predicted molar refractivity (Wildman–Crippen MR) is 203 cm³/mol. The molecule has 0 bridgehead atoms. The van der Waals surface area contributed by atoms with E-state index in [9.17, 15) is 34.2 Å². The van der Waals surface area contributed by atoms with Gasteiger partial charge < -0.3 is 29.2 Å². The predicted octanol–water partition coefficient (Wildman–Crippen LogP) is 5.34. The third-order valence-corrected chi connectivity index (χ3v) is 10.7. The third kappa shape index (κ3) is 8.41. The van der Waals surface area contributed by atoms with Gasteiger partial charge in [0.05, 0.1) is 37.9 Å². The van der Waals surface area contributed by atoms with Crippen LogP contribution in [0.15, 0.2) is 131 Å². The second-order valence-electron chi connectivity index (χ2n) is 12.8. The van der Waals surface area contributed by atoms with Crippen molar-refractivity contribution in [2.45, 2.75) is 42.1 Å². The molecule has 284 valence electrons. The lowest BCUT2D eigenvalue weighted by Crippen LogP contribution is -2.45. The van der Waals surface area contributed by atoms with Crippen molar-refractivity contribution in [3.05, 3.63) is 165 Å². The Morgan fingerprint density at radius 2 is 1.35 bits per heavy atom. The highest BCUT2D eigenvalue weighted by Crippen LogP contribution is 2.49. The number of carbonyl (C=O) groups is 3. The fourth-order valence-electron chi connectivity index (χ4n) is 6.78. The highest BCUT2D eigenvalue weighted by Gasteiger charge is 2.53. The molecule has 1 aliphatic heterocycles. The molecule has 2 heterocycles. The Bertz CT molecular complexity index is 2180. The second kappa shape index (κ2) is 17.0. The number of rotatable bonds is 15. The van der Waals surface area contributed by atoms with Gasteiger partial charge in [-0.3, -0.25) is 28.7 Å². The highest BCUT2D eigenvalue weighted by molar-refractivity contribution is 8.14. The first kappa shape index (κ1) is 38.8. The Kier molecular flexibility index (Phi) is 12.0. The van der Waals surface area contributed by atoms with Crippen molar-refractivity contribution in [1.29, 1.82) is 0 Å². The Labute approximate surface area is 319 Å². The average Bonchev–Trinajstić information content (AvgIpc) is 3.52. The number of carbonyl (C=O) groups excluding carboxylic acids is 1. The minimum absolute atomic E-state index is 0.344. The second-order valence-corrected chi connectivity index (χ2v) is 13.9. The molecule has 0 radical (unpaired) electrons. The molecule has 0 saturated carbocycles. The summed E-state index contributed by atoms with van der Waals surface area (Å²) >= 11 is 0.831. The molecule has 14 heteroatoms. The van der Waals surface area contributed by atoms with Crippen LogP contribution in [0.2, 0.25) is 0 Å². The SMILES string of the molecule is COc1ccc(C(OC2C(SC(=O)c3ccccc3)[C@@H](n3ccc(=O)[nH]c3=O)O[C@H]2CC(CC(=O)O)C(=O)O)(c2ccccc2)c2ccc(OC)cc2)cc1. The molecule has 1 fully saturated rings. The number of H-pyrrole nitrogens is 1. The maximum atomic E-state index is 14.1. The molecular formula is C41H38N2O11S. The van der Waals surface area contributed by atoms with Gasteiger partial charge in [0.1, 0.15) is 23.2 Å². The van der Waals surface area contributed by atoms with Gasteiger partial charge >= 0.3 is 17.6 Å². The van der Waals surface area contributed by atoms with Crippen LogP contribution in [0.1, 0.15) is 46.1 Å². The van der Waals surface area contributed by atoms with Crippen LogP contribution in [0.5, 0.6) is 11.5 Å². The van der Waals surface area contributed by atoms with Crippen molar-refractivity contribution in [2.75, 3.05) is 14.2 Å². The largest absolute Gasteiger partial charge is 0.497 e. The van der Waals surface area contributed by atoms with Gasteiger partial charge in [0, 0.05) is 17.8 Å². The van der Waals surface area contributed by atoms with Crippen LogP contribution in [0.4, 0.5) is 0 Å². The Morgan fingerprint density at radius 3 is 1.85 bits per heavy atom. The van der Waals surface area contributed by atoms with E-state index in [-0.39, 0.29) is 6.42 Å². The van der Waals surface area contributed by atoms with Crippen LogP contribution in [0, 0.1) is 5.92 Å². The highest BCUT2D eigenvalue weighted by atomic mass is 32.2. The summed E-state index contributed by atoms with van der Waals surface area (Å²) in [5.74, 6) is -3.02. The van der Waals surface area contributed by atoms with Crippen LogP contribution >= 0.6 is 11.8 Å². The number of aromatic amines is 1. The molecule has 1 saturated heterocycles. The molecule has 55 heavy (non-hydrogen) atoms. The summed E-state index contributed by atoms with van der Waals surface area (Å²) in [4.78, 5) is 66.3. The number of carboxylic acids is 2. The van der Waals surface area contributed by atoms with Gasteiger partial charge in [-0.25, -0.2) is 4.79 Å². The summed E-state index contributed by atoms with van der Waals surface area (Å²) in [6.45, 7) is 0. The van der Waals surface area contributed by atoms with Crippen molar-refractivity contribution < 1.29 is 43.5 Å². The summed E-state index contributed by atoms with van der Waals surface area (Å²) in [7, 11) is 3.08. The van der Waals surface area contributed by atoms with Gasteiger partial charge in [-0.15, -0.1) is 0 Å². The number of hydrogen-bond acceptors (Lipinski definition) is 10. The van der Waals surface area contributed by atoms with Crippen LogP contribution in [0.25, 0.3) is 0 Å². The van der Waals surface area contributed by atoms with Crippen molar-refractivity contribution in [2.24, 2.45) is 5.92 Å². The summed E-state index contributed by atoms with van der Waals surface area (Å²) in [5, 5.41) is 18.4. The number of benzene rings is 4. The number of methoxy groups -OCH3 is 2. The lowest BCUT2D eigenvalue weighted by atomic mass is 9.79. The molecule has 3 unspecified atom stereocenters. The van der Waals surface area contributed by atoms with Gasteiger partial charge in [-0.05, 0) is 47.4 Å². The van der Waals surface area contributed by atoms with Crippen molar-refractivity contribution in [1.82, 2.24) is 9.55 Å². The van der Waals surface area contributed by atoms with E-state index < -0.39 is 69.9 Å². The summed E-state index contributed by atoms with van der Waals surface area (Å²) < 4.78 is 26.1. The topological polar surface area (TPSA) is 183 Å². The first-order chi connectivity index (χ1) is 26.5. The zero-order valence-corrected chi connectivity index (χ0v) is 30.6. The third-order valence-electron chi connectivity index (χ3n) is 9.44. The van der Waals surface area contributed by atoms with Gasteiger partial charge in [-0.1, -0.05) is 96.7 Å². The fraction of sp³-hybridized carbons (Fsp3) is 0.244. The molecule has 5 atom stereocenters. The van der Waals surface area contributed by atoms with E-state index in [0.29, 0.717) is 33.8 Å². The quantitative estimate of drug-likeness (QED) is 0.117. The van der Waals surface area contributed by atoms with Crippen LogP contribution in [-0.4, -0.2) is 68.5 Å². The van der Waals surface area contributed by atoms with E-state index in [4.69, 9.17) is 18.9 Å². The average molecular weight is 767 g/mol. The smallest absolute Gasteiger partial charge is 0.330 e. The van der Waals surface area contributed by atoms with Crippen LogP contribution < -0.4 is 20.7 Å². The Morgan fingerprint density at radius 1 is 0.800 bits per heavy atom. The van der Waals surface area contributed by atoms with E-state index >= 15 is 0 Å². The monoisotopic (exact) mass is 766 g/mol. The van der Waals surface area contributed by atoms with E-state index in [1.807, 2.05) is 54.6 Å². The van der Waals surface area contributed by atoms with E-state index in [0.717, 1.165) is 22.4 Å². The van der Waals surface area contributed by atoms with Gasteiger partial charge in [0.2, 0.25) is 5.12 Å². The maximum absolute atomic E-state index is 14.1. The molecule has 1 aromatic heterocycles. The van der Waals surface area contributed by atoms with Crippen molar-refractivity contribution >= 4 is 28.8 Å². The molecule has 3 N–H and O–H groups in total. The number of aliphatic carboxylic acids is 2. The zero-order valence-electron chi connectivity index (χ0n) is 29.8. The van der Waals surface area contributed by atoms with Crippen molar-refractivity contribution in [3.8, 4) is 11.5 Å². The van der Waals surface area contributed by atoms with E-state index in [1.165, 1.54) is 6.20 Å². The van der Waals surface area contributed by atoms with E-state index in [1.54, 1.807) is 68.8 Å². The fourth-order valence-corrected chi connectivity index (χ4v) is 7.97. The van der Waals surface area contributed by atoms with Crippen LogP contribution in [-0.2, 0) is 24.7 Å². The standard InChI is InChI=1S/C41H38N2O11S/c1-51-30-17-13-28(14-18-30)41(27-11-7-4-8-12-27,29-15-19-31(52-2)20-16-29)54-35-32(23-26(38(47)48)24-34(45)46)53-37(43-22-21-33(44)42-40(43)50)36(35)55-39(49)25-9-5-3-6-10-25/h3-22,26,32,35-37H,23-24H2,1-2H3,(H,45,46)(H,47,48)(H,42,44,50)/t26?,32-,35?,36?,37-/m0/s1. The number of nitrogens with one attached hydrogen (secondary N) is 1. The maximum Gasteiger partial charge on any atom is 0.330 e. The van der Waals surface area contributed by atoms with Crippen LogP contribution in [0.3, 0.4) is 0 Å². The first-order valence-electron chi connectivity index (χ1n) is 17.2. The van der Waals surface area contributed by atoms with Gasteiger partial charge in [0.15, 0.2) is 6.23 Å². The molecule has 0 aliphatic carbocycles.